The van der Waals surface area contributed by atoms with Gasteiger partial charge in [0.05, 0.1) is 5.60 Å². The van der Waals surface area contributed by atoms with E-state index in [4.69, 9.17) is 4.74 Å². The third-order valence-corrected chi connectivity index (χ3v) is 4.07. The molecule has 1 aliphatic rings. The fraction of sp³-hybridized carbons (Fsp3) is 0.600. The van der Waals surface area contributed by atoms with Gasteiger partial charge in [-0.05, 0) is 25.8 Å². The van der Waals surface area contributed by atoms with E-state index in [0.717, 1.165) is 26.1 Å². The van der Waals surface area contributed by atoms with Crippen molar-refractivity contribution in [2.24, 2.45) is 0 Å². The molecule has 1 aromatic rings. The third-order valence-electron chi connectivity index (χ3n) is 4.07. The first-order valence-electron chi connectivity index (χ1n) is 6.51. The van der Waals surface area contributed by atoms with Crippen LogP contribution < -0.4 is 0 Å². The minimum Gasteiger partial charge on any atom is -0.387 e. The summed E-state index contributed by atoms with van der Waals surface area (Å²) in [6.07, 6.45) is 0.875. The van der Waals surface area contributed by atoms with Crippen LogP contribution in [0.1, 0.15) is 25.8 Å². The predicted molar refractivity (Wildman–Crippen MR) is 72.4 cm³/mol. The zero-order valence-electron chi connectivity index (χ0n) is 11.5. The average molecular weight is 249 g/mol. The van der Waals surface area contributed by atoms with Crippen molar-refractivity contribution in [3.8, 4) is 0 Å². The topological polar surface area (TPSA) is 32.7 Å². The molecule has 1 atom stereocenters. The van der Waals surface area contributed by atoms with E-state index in [0.29, 0.717) is 0 Å². The number of likely N-dealkylation sites (tertiary alicyclic amines) is 1. The summed E-state index contributed by atoms with van der Waals surface area (Å²) >= 11 is 0. The summed E-state index contributed by atoms with van der Waals surface area (Å²) in [4.78, 5) is 2.34. The Balaban J connectivity index is 2.04. The Labute approximate surface area is 109 Å². The molecule has 100 valence electrons. The Morgan fingerprint density at radius 1 is 1.33 bits per heavy atom. The Hall–Kier alpha value is -0.900. The van der Waals surface area contributed by atoms with Crippen molar-refractivity contribution >= 4 is 0 Å². The van der Waals surface area contributed by atoms with Crippen molar-refractivity contribution < 1.29 is 9.84 Å². The van der Waals surface area contributed by atoms with Crippen LogP contribution in [0.4, 0.5) is 0 Å². The molecule has 18 heavy (non-hydrogen) atoms. The van der Waals surface area contributed by atoms with E-state index in [1.165, 1.54) is 5.56 Å². The Morgan fingerprint density at radius 2 is 2.00 bits per heavy atom. The van der Waals surface area contributed by atoms with Gasteiger partial charge >= 0.3 is 0 Å². The number of ether oxygens (including phenoxy) is 1. The summed E-state index contributed by atoms with van der Waals surface area (Å²) in [6.45, 7) is 6.34. The van der Waals surface area contributed by atoms with Crippen LogP contribution >= 0.6 is 0 Å². The van der Waals surface area contributed by atoms with Gasteiger partial charge in [0, 0.05) is 26.7 Å². The molecule has 0 amide bonds. The molecule has 0 aliphatic carbocycles. The van der Waals surface area contributed by atoms with Gasteiger partial charge in [-0.15, -0.1) is 0 Å². The third kappa shape index (κ3) is 2.58. The number of rotatable bonds is 4. The molecule has 2 rings (SSSR count). The van der Waals surface area contributed by atoms with E-state index in [-0.39, 0.29) is 0 Å². The van der Waals surface area contributed by atoms with Gasteiger partial charge in [0.25, 0.3) is 0 Å². The zero-order valence-corrected chi connectivity index (χ0v) is 11.5. The van der Waals surface area contributed by atoms with Gasteiger partial charge in [0.15, 0.2) is 0 Å². The first-order chi connectivity index (χ1) is 8.47. The largest absolute Gasteiger partial charge is 0.387 e. The highest BCUT2D eigenvalue weighted by Gasteiger charge is 2.49. The monoisotopic (exact) mass is 249 g/mol. The van der Waals surface area contributed by atoms with Crippen molar-refractivity contribution in [2.45, 2.75) is 38.0 Å². The van der Waals surface area contributed by atoms with Gasteiger partial charge in [0.1, 0.15) is 5.60 Å². The van der Waals surface area contributed by atoms with E-state index in [9.17, 15) is 5.11 Å². The molecule has 0 spiro atoms. The maximum Gasteiger partial charge on any atom is 0.110 e. The number of methoxy groups -OCH3 is 1. The predicted octanol–water partition coefficient (Wildman–Crippen LogP) is 2.05. The summed E-state index contributed by atoms with van der Waals surface area (Å²) in [5.74, 6) is 0. The highest BCUT2D eigenvalue weighted by Crippen LogP contribution is 2.35. The summed E-state index contributed by atoms with van der Waals surface area (Å²) in [6, 6.07) is 10.4. The summed E-state index contributed by atoms with van der Waals surface area (Å²) in [5.41, 5.74) is 0.0507. The molecule has 3 heteroatoms. The minimum atomic E-state index is -0.812. The second-order valence-electron chi connectivity index (χ2n) is 5.70. The minimum absolute atomic E-state index is 0.443. The van der Waals surface area contributed by atoms with E-state index in [1.54, 1.807) is 7.11 Å². The lowest BCUT2D eigenvalue weighted by atomic mass is 9.85. The van der Waals surface area contributed by atoms with Gasteiger partial charge in [-0.1, -0.05) is 30.3 Å². The zero-order chi connectivity index (χ0) is 13.2. The van der Waals surface area contributed by atoms with Crippen molar-refractivity contribution in [1.29, 1.82) is 0 Å². The van der Waals surface area contributed by atoms with Gasteiger partial charge in [-0.2, -0.15) is 0 Å². The van der Waals surface area contributed by atoms with Gasteiger partial charge in [-0.3, -0.25) is 4.90 Å². The van der Waals surface area contributed by atoms with Crippen LogP contribution in [0.3, 0.4) is 0 Å². The lowest BCUT2D eigenvalue weighted by Crippen LogP contribution is -2.53. The molecule has 1 aliphatic heterocycles. The molecule has 1 aromatic carbocycles. The number of nitrogens with zero attached hydrogens (tertiary/aromatic N) is 1. The van der Waals surface area contributed by atoms with Crippen LogP contribution in [0.15, 0.2) is 30.3 Å². The molecular weight excluding hydrogens is 226 g/mol. The number of hydrogen-bond donors (Lipinski definition) is 1. The average Bonchev–Trinajstić information content (AvgIpc) is 2.74. The molecule has 1 heterocycles. The molecule has 0 saturated carbocycles. The molecule has 0 bridgehead atoms. The number of benzene rings is 1. The summed E-state index contributed by atoms with van der Waals surface area (Å²) in [7, 11) is 1.70. The maximum absolute atomic E-state index is 10.3. The first-order valence-corrected chi connectivity index (χ1v) is 6.51. The Kier molecular flexibility index (Phi) is 3.76. The Bertz CT molecular complexity index is 385. The highest BCUT2D eigenvalue weighted by atomic mass is 16.5. The van der Waals surface area contributed by atoms with Crippen molar-refractivity contribution in [2.75, 3.05) is 20.2 Å². The maximum atomic E-state index is 10.3. The van der Waals surface area contributed by atoms with E-state index in [1.807, 2.05) is 19.9 Å². The molecule has 3 nitrogen and oxygen atoms in total. The molecule has 1 saturated heterocycles. The smallest absolute Gasteiger partial charge is 0.110 e. The van der Waals surface area contributed by atoms with Crippen molar-refractivity contribution in [3.63, 3.8) is 0 Å². The SMILES string of the molecule is COC1(C(C)(C)O)CCN(Cc2ccccc2)C1. The second kappa shape index (κ2) is 5.00. The normalized spacial score (nSPS) is 25.6. The van der Waals surface area contributed by atoms with Crippen LogP contribution in [0.2, 0.25) is 0 Å². The van der Waals surface area contributed by atoms with Crippen LogP contribution in [0, 0.1) is 0 Å². The van der Waals surface area contributed by atoms with E-state index >= 15 is 0 Å². The van der Waals surface area contributed by atoms with Gasteiger partial charge in [-0.25, -0.2) is 0 Å². The molecule has 1 N–H and O–H groups in total. The lowest BCUT2D eigenvalue weighted by Gasteiger charge is -2.39. The van der Waals surface area contributed by atoms with Crippen molar-refractivity contribution in [1.82, 2.24) is 4.90 Å². The fourth-order valence-corrected chi connectivity index (χ4v) is 2.75. The van der Waals surface area contributed by atoms with E-state index in [2.05, 4.69) is 29.2 Å². The van der Waals surface area contributed by atoms with Crippen molar-refractivity contribution in [3.05, 3.63) is 35.9 Å². The van der Waals surface area contributed by atoms with Gasteiger partial charge < -0.3 is 9.84 Å². The quantitative estimate of drug-likeness (QED) is 0.886. The first kappa shape index (κ1) is 13.5. The molecule has 1 unspecified atom stereocenters. The van der Waals surface area contributed by atoms with Crippen LogP contribution in [-0.2, 0) is 11.3 Å². The summed E-state index contributed by atoms with van der Waals surface area (Å²) < 4.78 is 5.64. The van der Waals surface area contributed by atoms with Crippen LogP contribution in [0.25, 0.3) is 0 Å². The molecular formula is C15H23NO2. The van der Waals surface area contributed by atoms with Crippen LogP contribution in [0.5, 0.6) is 0 Å². The number of hydrogen-bond acceptors (Lipinski definition) is 3. The number of aliphatic hydroxyl groups is 1. The lowest BCUT2D eigenvalue weighted by molar-refractivity contribution is -0.144. The summed E-state index contributed by atoms with van der Waals surface area (Å²) in [5, 5.41) is 10.3. The van der Waals surface area contributed by atoms with E-state index < -0.39 is 11.2 Å². The van der Waals surface area contributed by atoms with Gasteiger partial charge in [0.2, 0.25) is 0 Å². The van der Waals surface area contributed by atoms with Crippen LogP contribution in [-0.4, -0.2) is 41.4 Å². The molecule has 0 radical (unpaired) electrons. The molecule has 0 aromatic heterocycles. The highest BCUT2D eigenvalue weighted by molar-refractivity contribution is 5.15. The fourth-order valence-electron chi connectivity index (χ4n) is 2.75. The Morgan fingerprint density at radius 3 is 2.50 bits per heavy atom. The molecule has 1 fully saturated rings. The second-order valence-corrected chi connectivity index (χ2v) is 5.70. The standard InChI is InChI=1S/C15H23NO2/c1-14(2,17)15(18-3)9-10-16(12-15)11-13-7-5-4-6-8-13/h4-8,17H,9-12H2,1-3H3.